The van der Waals surface area contributed by atoms with Crippen LogP contribution in [0.2, 0.25) is 5.02 Å². The van der Waals surface area contributed by atoms with Gasteiger partial charge >= 0.3 is 0 Å². The summed E-state index contributed by atoms with van der Waals surface area (Å²) in [4.78, 5) is 4.45. The van der Waals surface area contributed by atoms with Gasteiger partial charge < -0.3 is 9.72 Å². The number of nitrogens with one attached hydrogen (secondary N) is 1. The lowest BCUT2D eigenvalue weighted by Gasteiger charge is -1.94. The zero-order valence-corrected chi connectivity index (χ0v) is 9.75. The first kappa shape index (κ1) is 11.0. The Hall–Kier alpha value is -1.50. The SMILES string of the molecule is CC#CCNCc1cn2cc(Cl)ccc2n1. The predicted octanol–water partition coefficient (Wildman–Crippen LogP) is 2.10. The standard InChI is InChI=1S/C12H12ClN3/c1-2-3-6-14-7-11-9-16-8-10(13)4-5-12(16)15-11/h4-5,8-9,14H,6-7H2,1H3. The van der Waals surface area contributed by atoms with E-state index in [-0.39, 0.29) is 0 Å². The summed E-state index contributed by atoms with van der Waals surface area (Å²) in [6, 6.07) is 3.74. The Labute approximate surface area is 99.4 Å². The monoisotopic (exact) mass is 233 g/mol. The molecule has 0 fully saturated rings. The van der Waals surface area contributed by atoms with E-state index >= 15 is 0 Å². The summed E-state index contributed by atoms with van der Waals surface area (Å²) in [5.41, 5.74) is 1.89. The second-order valence-electron chi connectivity index (χ2n) is 3.38. The first-order valence-electron chi connectivity index (χ1n) is 5.03. The predicted molar refractivity (Wildman–Crippen MR) is 65.4 cm³/mol. The lowest BCUT2D eigenvalue weighted by molar-refractivity contribution is 0.754. The minimum Gasteiger partial charge on any atom is -0.305 e. The minimum absolute atomic E-state index is 0.686. The Morgan fingerprint density at radius 3 is 3.12 bits per heavy atom. The van der Waals surface area contributed by atoms with Crippen LogP contribution in [-0.2, 0) is 6.54 Å². The summed E-state index contributed by atoms with van der Waals surface area (Å²) < 4.78 is 1.92. The molecule has 0 aliphatic carbocycles. The van der Waals surface area contributed by atoms with E-state index in [9.17, 15) is 0 Å². The molecule has 4 heteroatoms. The molecule has 0 aromatic carbocycles. The first-order chi connectivity index (χ1) is 7.79. The Bertz CT molecular complexity index is 548. The van der Waals surface area contributed by atoms with Crippen molar-refractivity contribution in [3.05, 3.63) is 35.2 Å². The third-order valence-corrected chi connectivity index (χ3v) is 2.38. The van der Waals surface area contributed by atoms with Gasteiger partial charge in [0.25, 0.3) is 0 Å². The Kier molecular flexibility index (Phi) is 3.45. The Balaban J connectivity index is 2.09. The zero-order chi connectivity index (χ0) is 11.4. The highest BCUT2D eigenvalue weighted by Gasteiger charge is 2.00. The van der Waals surface area contributed by atoms with Crippen LogP contribution in [-0.4, -0.2) is 15.9 Å². The molecule has 0 spiro atoms. The number of imidazole rings is 1. The Morgan fingerprint density at radius 2 is 2.31 bits per heavy atom. The molecule has 0 radical (unpaired) electrons. The van der Waals surface area contributed by atoms with Gasteiger partial charge in [0.15, 0.2) is 0 Å². The van der Waals surface area contributed by atoms with Crippen molar-refractivity contribution in [1.82, 2.24) is 14.7 Å². The number of nitrogens with zero attached hydrogens (tertiary/aromatic N) is 2. The lowest BCUT2D eigenvalue weighted by Crippen LogP contribution is -2.13. The van der Waals surface area contributed by atoms with Crippen LogP contribution in [0.3, 0.4) is 0 Å². The molecule has 2 rings (SSSR count). The molecule has 0 atom stereocenters. The van der Waals surface area contributed by atoms with Gasteiger partial charge in [-0.1, -0.05) is 17.5 Å². The second-order valence-corrected chi connectivity index (χ2v) is 3.81. The van der Waals surface area contributed by atoms with Gasteiger partial charge in [-0.3, -0.25) is 0 Å². The number of hydrogen-bond donors (Lipinski definition) is 1. The van der Waals surface area contributed by atoms with Gasteiger partial charge in [0.2, 0.25) is 0 Å². The van der Waals surface area contributed by atoms with Crippen LogP contribution in [0.15, 0.2) is 24.5 Å². The molecule has 0 unspecified atom stereocenters. The minimum atomic E-state index is 0.686. The molecule has 0 aliphatic heterocycles. The summed E-state index contributed by atoms with van der Waals surface area (Å²) in [6.07, 6.45) is 3.81. The highest BCUT2D eigenvalue weighted by Crippen LogP contribution is 2.11. The molecule has 0 amide bonds. The largest absolute Gasteiger partial charge is 0.305 e. The van der Waals surface area contributed by atoms with Crippen LogP contribution in [0, 0.1) is 11.8 Å². The zero-order valence-electron chi connectivity index (χ0n) is 9.00. The highest BCUT2D eigenvalue weighted by atomic mass is 35.5. The average Bonchev–Trinajstić information content (AvgIpc) is 2.66. The third kappa shape index (κ3) is 2.54. The van der Waals surface area contributed by atoms with Gasteiger partial charge in [-0.2, -0.15) is 0 Å². The maximum Gasteiger partial charge on any atom is 0.137 e. The van der Waals surface area contributed by atoms with Crippen molar-refractivity contribution in [2.75, 3.05) is 6.54 Å². The molecular weight excluding hydrogens is 222 g/mol. The van der Waals surface area contributed by atoms with Gasteiger partial charge in [-0.25, -0.2) is 4.98 Å². The molecular formula is C12H12ClN3. The molecule has 2 aromatic heterocycles. The average molecular weight is 234 g/mol. The Morgan fingerprint density at radius 1 is 1.44 bits per heavy atom. The molecule has 82 valence electrons. The lowest BCUT2D eigenvalue weighted by atomic mass is 10.4. The smallest absolute Gasteiger partial charge is 0.137 e. The maximum atomic E-state index is 5.89. The quantitative estimate of drug-likeness (QED) is 0.650. The van der Waals surface area contributed by atoms with Crippen LogP contribution in [0.25, 0.3) is 5.65 Å². The second kappa shape index (κ2) is 5.02. The van der Waals surface area contributed by atoms with Crippen molar-refractivity contribution in [2.45, 2.75) is 13.5 Å². The first-order valence-corrected chi connectivity index (χ1v) is 5.41. The fourth-order valence-electron chi connectivity index (χ4n) is 1.44. The van der Waals surface area contributed by atoms with Crippen molar-refractivity contribution >= 4 is 17.2 Å². The highest BCUT2D eigenvalue weighted by molar-refractivity contribution is 6.30. The third-order valence-electron chi connectivity index (χ3n) is 2.16. The van der Waals surface area contributed by atoms with Gasteiger partial charge in [0.05, 0.1) is 17.3 Å². The number of hydrogen-bond acceptors (Lipinski definition) is 2. The van der Waals surface area contributed by atoms with Crippen molar-refractivity contribution < 1.29 is 0 Å². The van der Waals surface area contributed by atoms with E-state index in [1.807, 2.05) is 35.9 Å². The number of halogens is 1. The normalized spacial score (nSPS) is 10.1. The van der Waals surface area contributed by atoms with Gasteiger partial charge in [0.1, 0.15) is 5.65 Å². The molecule has 3 nitrogen and oxygen atoms in total. The molecule has 16 heavy (non-hydrogen) atoms. The van der Waals surface area contributed by atoms with E-state index < -0.39 is 0 Å². The molecule has 2 heterocycles. The van der Waals surface area contributed by atoms with E-state index in [0.717, 1.165) is 11.3 Å². The van der Waals surface area contributed by atoms with Gasteiger partial charge in [-0.05, 0) is 19.1 Å². The summed E-state index contributed by atoms with van der Waals surface area (Å²) in [5.74, 6) is 5.78. The van der Waals surface area contributed by atoms with Crippen molar-refractivity contribution in [3.63, 3.8) is 0 Å². The summed E-state index contributed by atoms with van der Waals surface area (Å²) >= 11 is 5.89. The van der Waals surface area contributed by atoms with Crippen molar-refractivity contribution in [1.29, 1.82) is 0 Å². The van der Waals surface area contributed by atoms with Crippen LogP contribution < -0.4 is 5.32 Å². The van der Waals surface area contributed by atoms with Crippen LogP contribution in [0.4, 0.5) is 0 Å². The summed E-state index contributed by atoms with van der Waals surface area (Å²) in [7, 11) is 0. The maximum absolute atomic E-state index is 5.89. The van der Waals surface area contributed by atoms with Crippen LogP contribution >= 0.6 is 11.6 Å². The molecule has 1 N–H and O–H groups in total. The van der Waals surface area contributed by atoms with Crippen LogP contribution in [0.5, 0.6) is 0 Å². The molecule has 0 aliphatic rings. The van der Waals surface area contributed by atoms with E-state index in [2.05, 4.69) is 22.1 Å². The summed E-state index contributed by atoms with van der Waals surface area (Å²) in [6.45, 7) is 3.23. The molecule has 0 saturated carbocycles. The fraction of sp³-hybridized carbons (Fsp3) is 0.250. The topological polar surface area (TPSA) is 29.3 Å². The molecule has 0 bridgehead atoms. The van der Waals surface area contributed by atoms with E-state index in [0.29, 0.717) is 18.1 Å². The number of fused-ring (bicyclic) bond motifs is 1. The molecule has 2 aromatic rings. The van der Waals surface area contributed by atoms with E-state index in [1.54, 1.807) is 0 Å². The van der Waals surface area contributed by atoms with E-state index in [1.165, 1.54) is 0 Å². The number of rotatable bonds is 3. The number of pyridine rings is 1. The van der Waals surface area contributed by atoms with E-state index in [4.69, 9.17) is 11.6 Å². The van der Waals surface area contributed by atoms with Crippen LogP contribution in [0.1, 0.15) is 12.6 Å². The van der Waals surface area contributed by atoms with Crippen molar-refractivity contribution in [2.24, 2.45) is 0 Å². The van der Waals surface area contributed by atoms with Gasteiger partial charge in [0, 0.05) is 18.9 Å². The molecule has 0 saturated heterocycles. The number of aromatic nitrogens is 2. The fourth-order valence-corrected chi connectivity index (χ4v) is 1.61. The summed E-state index contributed by atoms with van der Waals surface area (Å²) in [5, 5.41) is 3.91. The van der Waals surface area contributed by atoms with Gasteiger partial charge in [-0.15, -0.1) is 5.92 Å². The van der Waals surface area contributed by atoms with Crippen molar-refractivity contribution in [3.8, 4) is 11.8 Å².